The first kappa shape index (κ1) is 16.9. The molecular formula is C16H19FN2O4. The van der Waals surface area contributed by atoms with Gasteiger partial charge in [-0.15, -0.1) is 0 Å². The quantitative estimate of drug-likeness (QED) is 0.778. The Morgan fingerprint density at radius 2 is 2.22 bits per heavy atom. The third-order valence-corrected chi connectivity index (χ3v) is 3.64. The molecule has 0 spiro atoms. The molecule has 1 aromatic carbocycles. The normalized spacial score (nSPS) is 18.8. The van der Waals surface area contributed by atoms with Crippen molar-refractivity contribution in [1.82, 2.24) is 4.90 Å². The third-order valence-electron chi connectivity index (χ3n) is 3.64. The van der Waals surface area contributed by atoms with E-state index in [4.69, 9.17) is 10.5 Å². The highest BCUT2D eigenvalue weighted by atomic mass is 19.1. The van der Waals surface area contributed by atoms with Crippen molar-refractivity contribution < 1.29 is 23.5 Å². The van der Waals surface area contributed by atoms with Crippen LogP contribution in [0.2, 0.25) is 0 Å². The lowest BCUT2D eigenvalue weighted by Crippen LogP contribution is -2.35. The van der Waals surface area contributed by atoms with Gasteiger partial charge in [-0.05, 0) is 24.1 Å². The molecule has 0 bridgehead atoms. The number of nitrogens with zero attached hydrogens (tertiary/aromatic N) is 1. The molecule has 1 fully saturated rings. The van der Waals surface area contributed by atoms with Gasteiger partial charge in [0, 0.05) is 0 Å². The van der Waals surface area contributed by atoms with Gasteiger partial charge in [-0.1, -0.05) is 19.1 Å². The van der Waals surface area contributed by atoms with Crippen LogP contribution in [0.3, 0.4) is 0 Å². The first-order valence-electron chi connectivity index (χ1n) is 7.36. The van der Waals surface area contributed by atoms with Gasteiger partial charge in [-0.25, -0.2) is 4.39 Å². The van der Waals surface area contributed by atoms with Crippen LogP contribution < -0.4 is 5.73 Å². The average Bonchev–Trinajstić information content (AvgIpc) is 2.77. The molecule has 2 rings (SSSR count). The number of ether oxygens (including phenoxy) is 1. The fourth-order valence-electron chi connectivity index (χ4n) is 2.54. The third kappa shape index (κ3) is 4.77. The van der Waals surface area contributed by atoms with Crippen molar-refractivity contribution in [2.24, 2.45) is 11.7 Å². The first-order valence-corrected chi connectivity index (χ1v) is 7.36. The highest BCUT2D eigenvalue weighted by Gasteiger charge is 2.33. The minimum absolute atomic E-state index is 0.0473. The van der Waals surface area contributed by atoms with Crippen LogP contribution in [0.4, 0.5) is 4.39 Å². The molecule has 1 aliphatic rings. The Balaban J connectivity index is 1.87. The van der Waals surface area contributed by atoms with E-state index in [1.807, 2.05) is 0 Å². The summed E-state index contributed by atoms with van der Waals surface area (Å²) >= 11 is 0. The van der Waals surface area contributed by atoms with Gasteiger partial charge in [0.2, 0.25) is 11.8 Å². The van der Waals surface area contributed by atoms with Crippen LogP contribution in [0.5, 0.6) is 0 Å². The topological polar surface area (TPSA) is 89.7 Å². The van der Waals surface area contributed by atoms with Gasteiger partial charge in [0.15, 0.2) is 0 Å². The Morgan fingerprint density at radius 3 is 2.87 bits per heavy atom. The summed E-state index contributed by atoms with van der Waals surface area (Å²) in [4.78, 5) is 35.9. The van der Waals surface area contributed by atoms with Crippen LogP contribution in [-0.4, -0.2) is 41.9 Å². The number of primary amides is 1. The van der Waals surface area contributed by atoms with E-state index in [-0.39, 0.29) is 31.2 Å². The Morgan fingerprint density at radius 1 is 1.48 bits per heavy atom. The molecule has 0 radical (unpaired) electrons. The number of rotatable bonds is 6. The summed E-state index contributed by atoms with van der Waals surface area (Å²) in [5, 5.41) is 0. The molecule has 1 aliphatic heterocycles. The predicted octanol–water partition coefficient (Wildman–Crippen LogP) is 0.634. The van der Waals surface area contributed by atoms with Crippen LogP contribution in [0.25, 0.3) is 0 Å². The Bertz CT molecular complexity index is 620. The summed E-state index contributed by atoms with van der Waals surface area (Å²) in [6.45, 7) is 1.68. The summed E-state index contributed by atoms with van der Waals surface area (Å²) in [5.74, 6) is -2.14. The second-order valence-corrected chi connectivity index (χ2v) is 5.74. The number of hydrogen-bond donors (Lipinski definition) is 1. The lowest BCUT2D eigenvalue weighted by Gasteiger charge is -2.17. The summed E-state index contributed by atoms with van der Waals surface area (Å²) in [6.07, 6.45) is -0.183. The SMILES string of the molecule is C[C@H](Cc1cccc(F)c1)C(=O)O[C@H]1CC(=O)N(CC(N)=O)C1. The molecule has 2 atom stereocenters. The van der Waals surface area contributed by atoms with Crippen LogP contribution >= 0.6 is 0 Å². The highest BCUT2D eigenvalue weighted by Crippen LogP contribution is 2.17. The Labute approximate surface area is 133 Å². The number of carbonyl (C=O) groups excluding carboxylic acids is 3. The number of benzene rings is 1. The number of amides is 2. The van der Waals surface area contributed by atoms with Crippen molar-refractivity contribution in [3.05, 3.63) is 35.6 Å². The summed E-state index contributed by atoms with van der Waals surface area (Å²) in [5.41, 5.74) is 5.76. The average molecular weight is 322 g/mol. The molecular weight excluding hydrogens is 303 g/mol. The van der Waals surface area contributed by atoms with Gasteiger partial charge in [-0.2, -0.15) is 0 Å². The minimum atomic E-state index is -0.607. The zero-order valence-corrected chi connectivity index (χ0v) is 12.8. The Hall–Kier alpha value is -2.44. The number of hydrogen-bond acceptors (Lipinski definition) is 4. The van der Waals surface area contributed by atoms with Crippen LogP contribution in [0.1, 0.15) is 18.9 Å². The van der Waals surface area contributed by atoms with Gasteiger partial charge >= 0.3 is 5.97 Å². The van der Waals surface area contributed by atoms with Crippen LogP contribution in [0, 0.1) is 11.7 Å². The van der Waals surface area contributed by atoms with Crippen molar-refractivity contribution in [2.75, 3.05) is 13.1 Å². The van der Waals surface area contributed by atoms with E-state index >= 15 is 0 Å². The molecule has 0 unspecified atom stereocenters. The molecule has 0 saturated carbocycles. The van der Waals surface area contributed by atoms with E-state index in [0.717, 1.165) is 0 Å². The predicted molar refractivity (Wildman–Crippen MR) is 79.5 cm³/mol. The van der Waals surface area contributed by atoms with E-state index in [9.17, 15) is 18.8 Å². The lowest BCUT2D eigenvalue weighted by molar-refractivity contribution is -0.152. The standard InChI is InChI=1S/C16H19FN2O4/c1-10(5-11-3-2-4-12(17)6-11)16(22)23-13-7-15(21)19(8-13)9-14(18)20/h2-4,6,10,13H,5,7-9H2,1H3,(H2,18,20)/t10-,13+/m1/s1. The second kappa shape index (κ2) is 7.21. The molecule has 23 heavy (non-hydrogen) atoms. The number of halogens is 1. The van der Waals surface area contributed by atoms with E-state index in [1.165, 1.54) is 17.0 Å². The Kier molecular flexibility index (Phi) is 5.31. The van der Waals surface area contributed by atoms with E-state index < -0.39 is 23.9 Å². The van der Waals surface area contributed by atoms with E-state index in [2.05, 4.69) is 0 Å². The van der Waals surface area contributed by atoms with Gasteiger partial charge in [-0.3, -0.25) is 14.4 Å². The summed E-state index contributed by atoms with van der Waals surface area (Å²) in [6, 6.07) is 6.03. The monoisotopic (exact) mass is 322 g/mol. The molecule has 6 nitrogen and oxygen atoms in total. The second-order valence-electron chi connectivity index (χ2n) is 5.74. The van der Waals surface area contributed by atoms with Crippen molar-refractivity contribution in [1.29, 1.82) is 0 Å². The summed E-state index contributed by atoms with van der Waals surface area (Å²) < 4.78 is 18.5. The van der Waals surface area contributed by atoms with Crippen molar-refractivity contribution in [3.8, 4) is 0 Å². The van der Waals surface area contributed by atoms with Gasteiger partial charge < -0.3 is 15.4 Å². The number of nitrogens with two attached hydrogens (primary N) is 1. The van der Waals surface area contributed by atoms with Crippen molar-refractivity contribution in [3.63, 3.8) is 0 Å². The van der Waals surface area contributed by atoms with Gasteiger partial charge in [0.05, 0.1) is 25.4 Å². The largest absolute Gasteiger partial charge is 0.460 e. The zero-order valence-electron chi connectivity index (χ0n) is 12.8. The molecule has 7 heteroatoms. The van der Waals surface area contributed by atoms with E-state index in [1.54, 1.807) is 19.1 Å². The van der Waals surface area contributed by atoms with Crippen LogP contribution in [0.15, 0.2) is 24.3 Å². The highest BCUT2D eigenvalue weighted by molar-refractivity contribution is 5.86. The lowest BCUT2D eigenvalue weighted by atomic mass is 10.0. The zero-order chi connectivity index (χ0) is 17.0. The molecule has 2 N–H and O–H groups in total. The number of likely N-dealkylation sites (tertiary alicyclic amines) is 1. The first-order chi connectivity index (χ1) is 10.8. The minimum Gasteiger partial charge on any atom is -0.460 e. The summed E-state index contributed by atoms with van der Waals surface area (Å²) in [7, 11) is 0. The molecule has 124 valence electrons. The number of carbonyl (C=O) groups is 3. The maximum atomic E-state index is 13.1. The smallest absolute Gasteiger partial charge is 0.309 e. The van der Waals surface area contributed by atoms with Crippen LogP contribution in [-0.2, 0) is 25.5 Å². The fraction of sp³-hybridized carbons (Fsp3) is 0.438. The molecule has 2 amide bonds. The van der Waals surface area contributed by atoms with Crippen molar-refractivity contribution in [2.45, 2.75) is 25.9 Å². The molecule has 1 aromatic rings. The maximum Gasteiger partial charge on any atom is 0.309 e. The fourth-order valence-corrected chi connectivity index (χ4v) is 2.54. The maximum absolute atomic E-state index is 13.1. The molecule has 1 saturated heterocycles. The molecule has 1 heterocycles. The van der Waals surface area contributed by atoms with Gasteiger partial charge in [0.25, 0.3) is 0 Å². The van der Waals surface area contributed by atoms with E-state index in [0.29, 0.717) is 12.0 Å². The number of esters is 1. The molecule has 0 aromatic heterocycles. The molecule has 0 aliphatic carbocycles. The van der Waals surface area contributed by atoms with Crippen molar-refractivity contribution >= 4 is 17.8 Å². The van der Waals surface area contributed by atoms with Gasteiger partial charge in [0.1, 0.15) is 11.9 Å².